The van der Waals surface area contributed by atoms with Gasteiger partial charge >= 0.3 is 0 Å². The van der Waals surface area contributed by atoms with Gasteiger partial charge in [-0.05, 0) is 42.3 Å². The smallest absolute Gasteiger partial charge is 0.126 e. The van der Waals surface area contributed by atoms with Crippen LogP contribution in [0.25, 0.3) is 5.69 Å². The summed E-state index contributed by atoms with van der Waals surface area (Å²) in [7, 11) is 0. The fraction of sp³-hybridized carbons (Fsp3) is 0.167. The Hall–Kier alpha value is -2.17. The third kappa shape index (κ3) is 3.14. The number of hydrogen-bond donors (Lipinski definition) is 1. The first-order valence-electron chi connectivity index (χ1n) is 7.35. The molecule has 0 atom stereocenters. The van der Waals surface area contributed by atoms with Crippen molar-refractivity contribution in [1.82, 2.24) is 9.55 Å². The number of aryl methyl sites for hydroxylation is 1. The molecule has 2 aromatic carbocycles. The summed E-state index contributed by atoms with van der Waals surface area (Å²) in [5.74, 6) is 0.613. The molecule has 0 amide bonds. The minimum absolute atomic E-state index is 0.222. The van der Waals surface area contributed by atoms with Crippen LogP contribution in [-0.2, 0) is 13.0 Å². The average molecular weight is 330 g/mol. The van der Waals surface area contributed by atoms with Crippen molar-refractivity contribution in [2.75, 3.05) is 0 Å². The number of nitrogens with zero attached hydrogens (tertiary/aromatic N) is 2. The van der Waals surface area contributed by atoms with E-state index in [1.54, 1.807) is 18.3 Å². The maximum atomic E-state index is 14.0. The largest absolute Gasteiger partial charge is 0.325 e. The Bertz CT molecular complexity index is 842. The summed E-state index contributed by atoms with van der Waals surface area (Å²) in [6, 6.07) is 12.4. The predicted octanol–water partition coefficient (Wildman–Crippen LogP) is 4.02. The zero-order valence-electron chi connectivity index (χ0n) is 12.8. The zero-order valence-corrected chi connectivity index (χ0v) is 13.5. The minimum Gasteiger partial charge on any atom is -0.325 e. The molecule has 118 valence electrons. The van der Waals surface area contributed by atoms with Gasteiger partial charge in [0.1, 0.15) is 11.6 Å². The maximum absolute atomic E-state index is 14.0. The second-order valence-electron chi connectivity index (χ2n) is 5.38. The molecule has 2 N–H and O–H groups in total. The summed E-state index contributed by atoms with van der Waals surface area (Å²) >= 11 is 6.15. The zero-order chi connectivity index (χ0) is 16.4. The maximum Gasteiger partial charge on any atom is 0.126 e. The van der Waals surface area contributed by atoms with Gasteiger partial charge in [-0.3, -0.25) is 4.57 Å². The van der Waals surface area contributed by atoms with Gasteiger partial charge in [0.25, 0.3) is 0 Å². The van der Waals surface area contributed by atoms with Crippen molar-refractivity contribution in [1.29, 1.82) is 0 Å². The summed E-state index contributed by atoms with van der Waals surface area (Å²) in [6.07, 6.45) is 2.21. The van der Waals surface area contributed by atoms with Crippen molar-refractivity contribution in [3.63, 3.8) is 0 Å². The first-order chi connectivity index (χ1) is 11.1. The highest BCUT2D eigenvalue weighted by molar-refractivity contribution is 6.30. The molecule has 3 aromatic rings. The van der Waals surface area contributed by atoms with Gasteiger partial charge in [0.05, 0.1) is 17.6 Å². The first kappa shape index (κ1) is 15.7. The normalized spacial score (nSPS) is 11.0. The van der Waals surface area contributed by atoms with E-state index in [-0.39, 0.29) is 5.82 Å². The number of imidazole rings is 1. The van der Waals surface area contributed by atoms with Crippen LogP contribution >= 0.6 is 11.6 Å². The van der Waals surface area contributed by atoms with Crippen LogP contribution in [0.15, 0.2) is 48.7 Å². The van der Waals surface area contributed by atoms with Gasteiger partial charge in [-0.2, -0.15) is 0 Å². The van der Waals surface area contributed by atoms with E-state index in [2.05, 4.69) is 4.98 Å². The van der Waals surface area contributed by atoms with Crippen molar-refractivity contribution >= 4 is 11.6 Å². The van der Waals surface area contributed by atoms with Gasteiger partial charge in [-0.1, -0.05) is 29.8 Å². The number of benzene rings is 2. The van der Waals surface area contributed by atoms with Crippen molar-refractivity contribution in [2.24, 2.45) is 5.73 Å². The number of nitrogens with two attached hydrogens (primary N) is 1. The lowest BCUT2D eigenvalue weighted by Gasteiger charge is -2.15. The number of hydrogen-bond acceptors (Lipinski definition) is 2. The molecule has 1 heterocycles. The minimum atomic E-state index is -0.222. The Morgan fingerprint density at radius 1 is 1.17 bits per heavy atom. The molecule has 0 fully saturated rings. The summed E-state index contributed by atoms with van der Waals surface area (Å²) in [5.41, 5.74) is 9.19. The van der Waals surface area contributed by atoms with Crippen LogP contribution in [-0.4, -0.2) is 9.55 Å². The Kier molecular flexibility index (Phi) is 4.46. The van der Waals surface area contributed by atoms with Gasteiger partial charge in [-0.15, -0.1) is 0 Å². The van der Waals surface area contributed by atoms with Gasteiger partial charge in [0, 0.05) is 18.0 Å². The lowest BCUT2D eigenvalue weighted by Crippen LogP contribution is -2.09. The molecule has 0 saturated carbocycles. The molecule has 23 heavy (non-hydrogen) atoms. The van der Waals surface area contributed by atoms with Gasteiger partial charge in [0.2, 0.25) is 0 Å². The molecule has 0 unspecified atom stereocenters. The fourth-order valence-electron chi connectivity index (χ4n) is 2.73. The van der Waals surface area contributed by atoms with E-state index in [1.165, 1.54) is 6.07 Å². The summed E-state index contributed by atoms with van der Waals surface area (Å²) in [4.78, 5) is 4.33. The molecule has 3 rings (SSSR count). The van der Waals surface area contributed by atoms with Crippen LogP contribution in [0.3, 0.4) is 0 Å². The summed E-state index contributed by atoms with van der Waals surface area (Å²) in [5, 5.41) is 0.618. The van der Waals surface area contributed by atoms with E-state index in [1.807, 2.05) is 35.8 Å². The van der Waals surface area contributed by atoms with E-state index in [0.29, 0.717) is 23.6 Å². The molecule has 3 nitrogen and oxygen atoms in total. The highest BCUT2D eigenvalue weighted by atomic mass is 35.5. The van der Waals surface area contributed by atoms with Crippen molar-refractivity contribution in [3.8, 4) is 5.69 Å². The molecule has 0 saturated heterocycles. The van der Waals surface area contributed by atoms with Gasteiger partial charge in [-0.25, -0.2) is 9.37 Å². The molecular formula is C18H17ClFN3. The van der Waals surface area contributed by atoms with E-state index >= 15 is 0 Å². The van der Waals surface area contributed by atoms with Crippen molar-refractivity contribution in [2.45, 2.75) is 19.9 Å². The Balaban J connectivity index is 2.12. The lowest BCUT2D eigenvalue weighted by molar-refractivity contribution is 0.614. The first-order valence-corrected chi connectivity index (χ1v) is 7.73. The van der Waals surface area contributed by atoms with E-state index < -0.39 is 0 Å². The van der Waals surface area contributed by atoms with Crippen LogP contribution < -0.4 is 5.73 Å². The molecule has 0 spiro atoms. The molecule has 0 radical (unpaired) electrons. The van der Waals surface area contributed by atoms with Crippen LogP contribution in [0.4, 0.5) is 4.39 Å². The number of aromatic nitrogens is 2. The summed E-state index contributed by atoms with van der Waals surface area (Å²) in [6.45, 7) is 2.29. The third-order valence-corrected chi connectivity index (χ3v) is 4.08. The quantitative estimate of drug-likeness (QED) is 0.785. The second kappa shape index (κ2) is 6.52. The fourth-order valence-corrected chi connectivity index (χ4v) is 2.92. The highest BCUT2D eigenvalue weighted by Gasteiger charge is 2.13. The van der Waals surface area contributed by atoms with E-state index in [4.69, 9.17) is 17.3 Å². The highest BCUT2D eigenvalue weighted by Crippen LogP contribution is 2.25. The van der Waals surface area contributed by atoms with Gasteiger partial charge in [0.15, 0.2) is 0 Å². The molecule has 0 aliphatic carbocycles. The molecule has 0 aliphatic heterocycles. The standard InChI is InChI=1S/C18H17ClFN3/c1-12-22-11-16(10-21)23(12)18-7-6-15(19)9-14(18)8-13-4-2-3-5-17(13)20/h2-7,9,11H,8,10,21H2,1H3. The second-order valence-corrected chi connectivity index (χ2v) is 5.81. The molecule has 1 aromatic heterocycles. The monoisotopic (exact) mass is 329 g/mol. The van der Waals surface area contributed by atoms with Crippen LogP contribution in [0.2, 0.25) is 5.02 Å². The van der Waals surface area contributed by atoms with Gasteiger partial charge < -0.3 is 5.73 Å². The number of rotatable bonds is 4. The molecular weight excluding hydrogens is 313 g/mol. The molecule has 0 aliphatic rings. The van der Waals surface area contributed by atoms with E-state index in [9.17, 15) is 4.39 Å². The Morgan fingerprint density at radius 3 is 2.70 bits per heavy atom. The summed E-state index contributed by atoms with van der Waals surface area (Å²) < 4.78 is 16.0. The van der Waals surface area contributed by atoms with Crippen molar-refractivity contribution < 1.29 is 4.39 Å². The molecule has 5 heteroatoms. The lowest BCUT2D eigenvalue weighted by atomic mass is 10.0. The Morgan fingerprint density at radius 2 is 1.96 bits per heavy atom. The van der Waals surface area contributed by atoms with Crippen LogP contribution in [0.1, 0.15) is 22.6 Å². The number of halogens is 2. The topological polar surface area (TPSA) is 43.8 Å². The third-order valence-electron chi connectivity index (χ3n) is 3.84. The van der Waals surface area contributed by atoms with E-state index in [0.717, 1.165) is 22.8 Å². The molecule has 0 bridgehead atoms. The van der Waals surface area contributed by atoms with Crippen LogP contribution in [0, 0.1) is 12.7 Å². The Labute approximate surface area is 139 Å². The van der Waals surface area contributed by atoms with Crippen LogP contribution in [0.5, 0.6) is 0 Å². The van der Waals surface area contributed by atoms with Crippen molar-refractivity contribution in [3.05, 3.63) is 82.1 Å². The average Bonchev–Trinajstić information content (AvgIpc) is 2.91. The predicted molar refractivity (Wildman–Crippen MR) is 90.4 cm³/mol. The SMILES string of the molecule is Cc1ncc(CN)n1-c1ccc(Cl)cc1Cc1ccccc1F.